The molecule has 1 aromatic carbocycles. The number of aryl methyl sites for hydroxylation is 1. The van der Waals surface area contributed by atoms with Gasteiger partial charge in [0.25, 0.3) is 5.89 Å². The lowest BCUT2D eigenvalue weighted by molar-refractivity contribution is 0.0265. The van der Waals surface area contributed by atoms with Crippen LogP contribution in [0, 0.1) is 6.92 Å². The van der Waals surface area contributed by atoms with Gasteiger partial charge in [-0.1, -0.05) is 5.16 Å². The number of carbonyl (C=O) groups excluding carboxylic acids is 1. The number of ether oxygens (including phenoxy) is 2. The smallest absolute Gasteiger partial charge is 0.338 e. The second-order valence-corrected chi connectivity index (χ2v) is 3.96. The minimum absolute atomic E-state index is 0.277. The van der Waals surface area contributed by atoms with E-state index in [1.165, 1.54) is 0 Å². The molecule has 0 saturated carbocycles. The molecule has 0 saturated heterocycles. The van der Waals surface area contributed by atoms with E-state index in [-0.39, 0.29) is 5.89 Å². The van der Waals surface area contributed by atoms with Crippen molar-refractivity contribution < 1.29 is 18.8 Å². The number of benzene rings is 1. The van der Waals surface area contributed by atoms with Crippen LogP contribution < -0.4 is 4.74 Å². The van der Waals surface area contributed by atoms with Crippen molar-refractivity contribution in [3.05, 3.63) is 41.5 Å². The summed E-state index contributed by atoms with van der Waals surface area (Å²) in [6.45, 7) is 3.37. The van der Waals surface area contributed by atoms with Crippen LogP contribution in [-0.2, 0) is 4.74 Å². The molecular weight excluding hydrogens is 248 g/mol. The SMILES string of the molecule is COc1ccc(C(=O)OC(C)c2nc(C)no2)cc1. The minimum Gasteiger partial charge on any atom is -0.497 e. The van der Waals surface area contributed by atoms with Crippen molar-refractivity contribution in [2.24, 2.45) is 0 Å². The van der Waals surface area contributed by atoms with Gasteiger partial charge in [-0.2, -0.15) is 4.98 Å². The molecule has 1 unspecified atom stereocenters. The van der Waals surface area contributed by atoms with Gasteiger partial charge in [0.15, 0.2) is 11.9 Å². The predicted molar refractivity (Wildman–Crippen MR) is 65.9 cm³/mol. The van der Waals surface area contributed by atoms with Crippen molar-refractivity contribution in [2.45, 2.75) is 20.0 Å². The van der Waals surface area contributed by atoms with E-state index in [0.717, 1.165) is 0 Å². The Hall–Kier alpha value is -2.37. The Morgan fingerprint density at radius 1 is 1.32 bits per heavy atom. The molecule has 1 heterocycles. The van der Waals surface area contributed by atoms with E-state index in [1.807, 2.05) is 0 Å². The number of esters is 1. The van der Waals surface area contributed by atoms with Crippen LogP contribution >= 0.6 is 0 Å². The van der Waals surface area contributed by atoms with Gasteiger partial charge in [0.05, 0.1) is 12.7 Å². The summed E-state index contributed by atoms with van der Waals surface area (Å²) in [7, 11) is 1.56. The molecule has 2 rings (SSSR count). The van der Waals surface area contributed by atoms with Gasteiger partial charge >= 0.3 is 5.97 Å². The van der Waals surface area contributed by atoms with Crippen molar-refractivity contribution >= 4 is 5.97 Å². The Labute approximate surface area is 110 Å². The lowest BCUT2D eigenvalue weighted by Crippen LogP contribution is -2.09. The highest BCUT2D eigenvalue weighted by molar-refractivity contribution is 5.89. The molecule has 1 atom stereocenters. The number of rotatable bonds is 4. The molecule has 6 heteroatoms. The topological polar surface area (TPSA) is 74.5 Å². The normalized spacial score (nSPS) is 11.9. The van der Waals surface area contributed by atoms with Crippen LogP contribution in [0.15, 0.2) is 28.8 Å². The van der Waals surface area contributed by atoms with E-state index in [1.54, 1.807) is 45.2 Å². The number of methoxy groups -OCH3 is 1. The lowest BCUT2D eigenvalue weighted by atomic mass is 10.2. The maximum absolute atomic E-state index is 11.9. The molecule has 0 bridgehead atoms. The highest BCUT2D eigenvalue weighted by atomic mass is 16.6. The molecule has 0 spiro atoms. The van der Waals surface area contributed by atoms with Crippen molar-refractivity contribution in [1.29, 1.82) is 0 Å². The zero-order chi connectivity index (χ0) is 13.8. The van der Waals surface area contributed by atoms with Gasteiger partial charge in [0.1, 0.15) is 5.75 Å². The predicted octanol–water partition coefficient (Wildman–Crippen LogP) is 2.30. The van der Waals surface area contributed by atoms with Crippen LogP contribution in [0.3, 0.4) is 0 Å². The fourth-order valence-corrected chi connectivity index (χ4v) is 1.48. The largest absolute Gasteiger partial charge is 0.497 e. The first-order chi connectivity index (χ1) is 9.10. The Morgan fingerprint density at radius 2 is 2.00 bits per heavy atom. The molecule has 6 nitrogen and oxygen atoms in total. The summed E-state index contributed by atoms with van der Waals surface area (Å²) in [4.78, 5) is 15.9. The van der Waals surface area contributed by atoms with Crippen LogP contribution in [0.5, 0.6) is 5.75 Å². The molecule has 0 N–H and O–H groups in total. The average molecular weight is 262 g/mol. The molecule has 1 aromatic heterocycles. The molecule has 19 heavy (non-hydrogen) atoms. The summed E-state index contributed by atoms with van der Waals surface area (Å²) in [5.41, 5.74) is 0.434. The number of aromatic nitrogens is 2. The molecule has 2 aromatic rings. The summed E-state index contributed by atoms with van der Waals surface area (Å²) in [6.07, 6.45) is -0.587. The van der Waals surface area contributed by atoms with E-state index < -0.39 is 12.1 Å². The Bertz CT molecular complexity index is 562. The van der Waals surface area contributed by atoms with Gasteiger partial charge < -0.3 is 14.0 Å². The third kappa shape index (κ3) is 3.09. The van der Waals surface area contributed by atoms with Crippen molar-refractivity contribution in [2.75, 3.05) is 7.11 Å². The van der Waals surface area contributed by atoms with Gasteiger partial charge in [0.2, 0.25) is 0 Å². The van der Waals surface area contributed by atoms with Crippen LogP contribution in [0.2, 0.25) is 0 Å². The monoisotopic (exact) mass is 262 g/mol. The van der Waals surface area contributed by atoms with Crippen LogP contribution in [0.4, 0.5) is 0 Å². The first-order valence-corrected chi connectivity index (χ1v) is 5.75. The molecule has 0 amide bonds. The third-order valence-corrected chi connectivity index (χ3v) is 2.50. The number of hydrogen-bond acceptors (Lipinski definition) is 6. The summed E-state index contributed by atoms with van der Waals surface area (Å²) in [5, 5.41) is 3.65. The zero-order valence-electron chi connectivity index (χ0n) is 10.9. The number of nitrogens with zero attached hydrogens (tertiary/aromatic N) is 2. The van der Waals surface area contributed by atoms with E-state index in [4.69, 9.17) is 14.0 Å². The van der Waals surface area contributed by atoms with Crippen LogP contribution in [0.25, 0.3) is 0 Å². The second kappa shape index (κ2) is 5.51. The standard InChI is InChI=1S/C13H14N2O4/c1-8(12-14-9(2)15-19-12)18-13(16)10-4-6-11(17-3)7-5-10/h4-8H,1-3H3. The molecule has 0 aliphatic heterocycles. The van der Waals surface area contributed by atoms with Gasteiger partial charge in [-0.25, -0.2) is 4.79 Å². The molecule has 0 radical (unpaired) electrons. The van der Waals surface area contributed by atoms with Gasteiger partial charge in [0, 0.05) is 0 Å². The maximum atomic E-state index is 11.9. The van der Waals surface area contributed by atoms with Crippen LogP contribution in [-0.4, -0.2) is 23.2 Å². The highest BCUT2D eigenvalue weighted by Gasteiger charge is 2.18. The highest BCUT2D eigenvalue weighted by Crippen LogP contribution is 2.18. The van der Waals surface area contributed by atoms with E-state index in [0.29, 0.717) is 17.1 Å². The van der Waals surface area contributed by atoms with E-state index in [9.17, 15) is 4.79 Å². The zero-order valence-corrected chi connectivity index (χ0v) is 10.9. The van der Waals surface area contributed by atoms with Crippen molar-refractivity contribution in [1.82, 2.24) is 10.1 Å². The molecular formula is C13H14N2O4. The molecule has 100 valence electrons. The Balaban J connectivity index is 2.03. The van der Waals surface area contributed by atoms with Crippen LogP contribution in [0.1, 0.15) is 35.1 Å². The molecule has 0 fully saturated rings. The summed E-state index contributed by atoms with van der Waals surface area (Å²) in [6, 6.07) is 6.65. The van der Waals surface area contributed by atoms with E-state index >= 15 is 0 Å². The Kier molecular flexibility index (Phi) is 3.79. The van der Waals surface area contributed by atoms with Crippen molar-refractivity contribution in [3.8, 4) is 5.75 Å². The average Bonchev–Trinajstić information content (AvgIpc) is 2.85. The fourth-order valence-electron chi connectivity index (χ4n) is 1.48. The first kappa shape index (κ1) is 13.1. The molecule has 0 aliphatic carbocycles. The number of hydrogen-bond donors (Lipinski definition) is 0. The quantitative estimate of drug-likeness (QED) is 0.787. The summed E-state index contributed by atoms with van der Waals surface area (Å²) in [5.74, 6) is 1.00. The third-order valence-electron chi connectivity index (χ3n) is 2.50. The number of carbonyl (C=O) groups is 1. The van der Waals surface area contributed by atoms with Gasteiger partial charge in [-0.05, 0) is 38.1 Å². The van der Waals surface area contributed by atoms with Gasteiger partial charge in [-0.15, -0.1) is 0 Å². The summed E-state index contributed by atoms with van der Waals surface area (Å²) >= 11 is 0. The minimum atomic E-state index is -0.587. The van der Waals surface area contributed by atoms with E-state index in [2.05, 4.69) is 10.1 Å². The first-order valence-electron chi connectivity index (χ1n) is 5.75. The van der Waals surface area contributed by atoms with Gasteiger partial charge in [-0.3, -0.25) is 0 Å². The second-order valence-electron chi connectivity index (χ2n) is 3.96. The lowest BCUT2D eigenvalue weighted by Gasteiger charge is -2.09. The fraction of sp³-hybridized carbons (Fsp3) is 0.308. The van der Waals surface area contributed by atoms with Crippen molar-refractivity contribution in [3.63, 3.8) is 0 Å². The summed E-state index contributed by atoms with van der Waals surface area (Å²) < 4.78 is 15.2. The maximum Gasteiger partial charge on any atom is 0.338 e. The molecule has 0 aliphatic rings. The Morgan fingerprint density at radius 3 is 2.53 bits per heavy atom.